The molecule has 7 nitrogen and oxygen atoms in total. The number of alkyl halides is 3. The molecule has 0 aliphatic carbocycles. The molecule has 4 aliphatic heterocycles. The van der Waals surface area contributed by atoms with Gasteiger partial charge in [0.2, 0.25) is 5.91 Å². The van der Waals surface area contributed by atoms with Crippen LogP contribution in [0.2, 0.25) is 0 Å². The molecule has 31 heavy (non-hydrogen) atoms. The number of ether oxygens (including phenoxy) is 1. The molecule has 0 aromatic carbocycles. The molecule has 10 heteroatoms. The summed E-state index contributed by atoms with van der Waals surface area (Å²) >= 11 is 0. The molecular weight excluding hydrogens is 411 g/mol. The number of amides is 1. The Balaban J connectivity index is 1.56. The number of aromatic nitrogens is 2. The van der Waals surface area contributed by atoms with E-state index in [2.05, 4.69) is 10.3 Å². The van der Waals surface area contributed by atoms with E-state index in [1.54, 1.807) is 11.1 Å². The van der Waals surface area contributed by atoms with Crippen molar-refractivity contribution >= 4 is 17.7 Å². The Labute approximate surface area is 177 Å². The van der Waals surface area contributed by atoms with Crippen LogP contribution in [-0.2, 0) is 22.5 Å². The van der Waals surface area contributed by atoms with Gasteiger partial charge >= 0.3 is 6.18 Å². The number of nitrogens with zero attached hydrogens (tertiary/aromatic N) is 4. The van der Waals surface area contributed by atoms with Gasteiger partial charge < -0.3 is 15.0 Å². The predicted octanol–water partition coefficient (Wildman–Crippen LogP) is 2.60. The molecule has 0 radical (unpaired) electrons. The van der Waals surface area contributed by atoms with E-state index in [1.165, 1.54) is 13.0 Å². The monoisotopic (exact) mass is 435 g/mol. The largest absolute Gasteiger partial charge is 0.417 e. The first kappa shape index (κ1) is 20.3. The fraction of sp³-hybridized carbons (Fsp3) is 0.571. The summed E-state index contributed by atoms with van der Waals surface area (Å²) in [6.07, 6.45) is 1.28. The average Bonchev–Trinajstić information content (AvgIpc) is 3.34. The molecule has 1 aromatic rings. The zero-order chi connectivity index (χ0) is 21.8. The van der Waals surface area contributed by atoms with E-state index >= 15 is 0 Å². The Kier molecular flexibility index (Phi) is 4.91. The highest BCUT2D eigenvalue weighted by Crippen LogP contribution is 2.41. The van der Waals surface area contributed by atoms with Crippen molar-refractivity contribution in [1.29, 1.82) is 0 Å². The van der Waals surface area contributed by atoms with Crippen molar-refractivity contribution in [3.8, 4) is 0 Å². The van der Waals surface area contributed by atoms with Crippen LogP contribution >= 0.6 is 0 Å². The molecule has 2 unspecified atom stereocenters. The van der Waals surface area contributed by atoms with Gasteiger partial charge in [-0.25, -0.2) is 0 Å². The average molecular weight is 435 g/mol. The zero-order valence-electron chi connectivity index (χ0n) is 17.2. The third-order valence-corrected chi connectivity index (χ3v) is 6.51. The standard InChI is InChI=1S/C21H24F3N5O2/c1-12(30)28-5-2-18-17(11-28)19(27-29(18)14-3-6-31-7-4-14)16-10-26-20-15(16)8-13(9-25-20)21(22,23)24/h8-10,14-15,20,26H,2-7,11H2,1H3. The molecule has 0 spiro atoms. The lowest BCUT2D eigenvalue weighted by Gasteiger charge is -2.29. The van der Waals surface area contributed by atoms with E-state index in [0.717, 1.165) is 30.3 Å². The van der Waals surface area contributed by atoms with Crippen molar-refractivity contribution in [2.45, 2.75) is 51.1 Å². The van der Waals surface area contributed by atoms with Crippen LogP contribution < -0.4 is 5.32 Å². The molecule has 0 saturated carbocycles. The van der Waals surface area contributed by atoms with Crippen LogP contribution in [-0.4, -0.2) is 58.9 Å². The van der Waals surface area contributed by atoms with E-state index in [0.29, 0.717) is 44.0 Å². The van der Waals surface area contributed by atoms with Crippen molar-refractivity contribution in [3.05, 3.63) is 34.8 Å². The fourth-order valence-electron chi connectivity index (χ4n) is 4.83. The third-order valence-electron chi connectivity index (χ3n) is 6.51. The van der Waals surface area contributed by atoms with Crippen molar-refractivity contribution in [3.63, 3.8) is 0 Å². The highest BCUT2D eigenvalue weighted by molar-refractivity contribution is 5.84. The lowest BCUT2D eigenvalue weighted by Crippen LogP contribution is -2.35. The maximum Gasteiger partial charge on any atom is 0.417 e. The lowest BCUT2D eigenvalue weighted by molar-refractivity contribution is -0.129. The number of halogens is 3. The number of allylic oxidation sites excluding steroid dienone is 1. The van der Waals surface area contributed by atoms with Crippen molar-refractivity contribution in [2.75, 3.05) is 19.8 Å². The Morgan fingerprint density at radius 1 is 1.29 bits per heavy atom. The molecule has 4 aliphatic rings. The smallest absolute Gasteiger partial charge is 0.381 e. The second kappa shape index (κ2) is 7.51. The summed E-state index contributed by atoms with van der Waals surface area (Å²) in [5.74, 6) is -0.579. The first-order valence-electron chi connectivity index (χ1n) is 10.5. The number of aliphatic imine (C=N–C) groups is 1. The highest BCUT2D eigenvalue weighted by atomic mass is 19.4. The molecule has 0 bridgehead atoms. The van der Waals surface area contributed by atoms with Crippen LogP contribution in [0.1, 0.15) is 42.8 Å². The van der Waals surface area contributed by atoms with Crippen LogP contribution in [0.3, 0.4) is 0 Å². The van der Waals surface area contributed by atoms with Gasteiger partial charge in [0.25, 0.3) is 0 Å². The van der Waals surface area contributed by atoms with Gasteiger partial charge in [-0.3, -0.25) is 14.5 Å². The van der Waals surface area contributed by atoms with Gasteiger partial charge in [-0.15, -0.1) is 0 Å². The number of dihydropyridines is 1. The number of carbonyl (C=O) groups excluding carboxylic acids is 1. The number of nitrogens with one attached hydrogen (secondary N) is 1. The SMILES string of the molecule is CC(=O)N1CCc2c(c(C3=CNC4N=CC(C(F)(F)F)=CC34)nn2C2CCOCC2)C1. The Hall–Kier alpha value is -2.62. The summed E-state index contributed by atoms with van der Waals surface area (Å²) in [4.78, 5) is 17.9. The van der Waals surface area contributed by atoms with Crippen LogP contribution in [0.25, 0.3) is 5.57 Å². The van der Waals surface area contributed by atoms with Crippen LogP contribution in [0.5, 0.6) is 0 Å². The Morgan fingerprint density at radius 3 is 2.77 bits per heavy atom. The van der Waals surface area contributed by atoms with Crippen LogP contribution in [0, 0.1) is 5.92 Å². The highest BCUT2D eigenvalue weighted by Gasteiger charge is 2.41. The van der Waals surface area contributed by atoms with Crippen LogP contribution in [0.15, 0.2) is 22.8 Å². The minimum Gasteiger partial charge on any atom is -0.381 e. The second-order valence-corrected chi connectivity index (χ2v) is 8.39. The normalized spacial score (nSPS) is 26.1. The number of rotatable bonds is 2. The van der Waals surface area contributed by atoms with Gasteiger partial charge in [-0.1, -0.05) is 6.08 Å². The van der Waals surface area contributed by atoms with Crippen LogP contribution in [0.4, 0.5) is 13.2 Å². The molecule has 1 N–H and O–H groups in total. The van der Waals surface area contributed by atoms with Gasteiger partial charge in [0.05, 0.1) is 17.3 Å². The zero-order valence-corrected chi connectivity index (χ0v) is 17.2. The summed E-state index contributed by atoms with van der Waals surface area (Å²) < 4.78 is 47.5. The number of hydrogen-bond donors (Lipinski definition) is 1. The first-order valence-corrected chi connectivity index (χ1v) is 10.5. The molecule has 1 saturated heterocycles. The number of fused-ring (bicyclic) bond motifs is 2. The van der Waals surface area contributed by atoms with E-state index in [-0.39, 0.29) is 11.9 Å². The minimum atomic E-state index is -4.45. The topological polar surface area (TPSA) is 71.8 Å². The first-order chi connectivity index (χ1) is 14.8. The quantitative estimate of drug-likeness (QED) is 0.775. The molecule has 1 amide bonds. The maximum atomic E-state index is 13.3. The van der Waals surface area contributed by atoms with E-state index in [9.17, 15) is 18.0 Å². The van der Waals surface area contributed by atoms with E-state index < -0.39 is 23.8 Å². The summed E-state index contributed by atoms with van der Waals surface area (Å²) in [6.45, 7) is 3.89. The van der Waals surface area contributed by atoms with Gasteiger partial charge in [-0.05, 0) is 12.8 Å². The number of carbonyl (C=O) groups is 1. The van der Waals surface area contributed by atoms with Gasteiger partial charge in [0.15, 0.2) is 0 Å². The van der Waals surface area contributed by atoms with E-state index in [4.69, 9.17) is 9.84 Å². The van der Waals surface area contributed by atoms with Crippen molar-refractivity contribution in [2.24, 2.45) is 10.9 Å². The van der Waals surface area contributed by atoms with E-state index in [1.807, 2.05) is 4.68 Å². The molecule has 5 rings (SSSR count). The van der Waals surface area contributed by atoms with Gasteiger partial charge in [-0.2, -0.15) is 18.3 Å². The molecular formula is C21H24F3N5O2. The van der Waals surface area contributed by atoms with Gasteiger partial charge in [0.1, 0.15) is 6.17 Å². The Bertz CT molecular complexity index is 988. The predicted molar refractivity (Wildman–Crippen MR) is 107 cm³/mol. The molecule has 5 heterocycles. The summed E-state index contributed by atoms with van der Waals surface area (Å²) in [5, 5.41) is 8.01. The minimum absolute atomic E-state index is 0.0201. The summed E-state index contributed by atoms with van der Waals surface area (Å²) in [5.41, 5.74) is 2.62. The lowest BCUT2D eigenvalue weighted by atomic mass is 9.90. The second-order valence-electron chi connectivity index (χ2n) is 8.39. The molecule has 2 atom stereocenters. The molecule has 1 aromatic heterocycles. The summed E-state index contributed by atoms with van der Waals surface area (Å²) in [6, 6.07) is 0.191. The third kappa shape index (κ3) is 3.56. The van der Waals surface area contributed by atoms with Crippen molar-refractivity contribution in [1.82, 2.24) is 20.0 Å². The fourth-order valence-corrected chi connectivity index (χ4v) is 4.83. The maximum absolute atomic E-state index is 13.3. The summed E-state index contributed by atoms with van der Waals surface area (Å²) in [7, 11) is 0. The Morgan fingerprint density at radius 2 is 2.06 bits per heavy atom. The number of hydrogen-bond acceptors (Lipinski definition) is 5. The van der Waals surface area contributed by atoms with Crippen molar-refractivity contribution < 1.29 is 22.7 Å². The molecule has 1 fully saturated rings. The molecule has 166 valence electrons. The van der Waals surface area contributed by atoms with Gasteiger partial charge in [0, 0.05) is 74.8 Å².